The van der Waals surface area contributed by atoms with Crippen LogP contribution in [0.5, 0.6) is 0 Å². The molecular formula is C17H15N3O2. The highest BCUT2D eigenvalue weighted by molar-refractivity contribution is 5.95. The second kappa shape index (κ2) is 5.81. The fourth-order valence-corrected chi connectivity index (χ4v) is 2.33. The number of benzene rings is 1. The number of hydrogen-bond donors (Lipinski definition) is 1. The van der Waals surface area contributed by atoms with E-state index < -0.39 is 5.91 Å². The van der Waals surface area contributed by atoms with Gasteiger partial charge in [-0.25, -0.2) is 4.98 Å². The minimum atomic E-state index is -0.405. The minimum absolute atomic E-state index is 0.0830. The average Bonchev–Trinajstić information content (AvgIpc) is 2.54. The molecule has 0 atom stereocenters. The number of nitrogens with one attached hydrogen (secondary N) is 1. The topological polar surface area (TPSA) is 63.5 Å². The molecule has 0 saturated carbocycles. The fraction of sp³-hybridized carbons (Fsp3) is 0.118. The SMILES string of the molecule is Cc1nc2ccccn2c(=O)c1C(=O)NCc1ccccc1. The van der Waals surface area contributed by atoms with Crippen molar-refractivity contribution in [2.24, 2.45) is 0 Å². The summed E-state index contributed by atoms with van der Waals surface area (Å²) < 4.78 is 1.38. The first-order valence-corrected chi connectivity index (χ1v) is 6.97. The summed E-state index contributed by atoms with van der Waals surface area (Å²) in [6, 6.07) is 14.8. The molecule has 0 aliphatic carbocycles. The van der Waals surface area contributed by atoms with Gasteiger partial charge in [-0.1, -0.05) is 36.4 Å². The van der Waals surface area contributed by atoms with Crippen LogP contribution in [-0.4, -0.2) is 15.3 Å². The molecule has 3 rings (SSSR count). The molecule has 1 aromatic carbocycles. The third-order valence-corrected chi connectivity index (χ3v) is 3.44. The molecule has 1 N–H and O–H groups in total. The van der Waals surface area contributed by atoms with Crippen LogP contribution in [0.4, 0.5) is 0 Å². The number of carbonyl (C=O) groups excluding carboxylic acids is 1. The standard InChI is InChI=1S/C17H15N3O2/c1-12-15(16(21)18-11-13-7-3-2-4-8-13)17(22)20-10-6-5-9-14(20)19-12/h2-10H,11H2,1H3,(H,18,21). The minimum Gasteiger partial charge on any atom is -0.348 e. The summed E-state index contributed by atoms with van der Waals surface area (Å²) in [5.41, 5.74) is 1.67. The number of pyridine rings is 1. The normalized spacial score (nSPS) is 10.6. The van der Waals surface area contributed by atoms with Gasteiger partial charge in [0, 0.05) is 12.7 Å². The van der Waals surface area contributed by atoms with Gasteiger partial charge in [0.15, 0.2) is 0 Å². The molecule has 1 amide bonds. The molecule has 0 aliphatic rings. The van der Waals surface area contributed by atoms with Gasteiger partial charge in [-0.3, -0.25) is 14.0 Å². The zero-order chi connectivity index (χ0) is 15.5. The van der Waals surface area contributed by atoms with E-state index in [1.165, 1.54) is 4.40 Å². The van der Waals surface area contributed by atoms with Gasteiger partial charge in [-0.15, -0.1) is 0 Å². The Balaban J connectivity index is 1.92. The summed E-state index contributed by atoms with van der Waals surface area (Å²) in [7, 11) is 0. The molecule has 110 valence electrons. The number of aryl methyl sites for hydroxylation is 1. The zero-order valence-electron chi connectivity index (χ0n) is 12.1. The third kappa shape index (κ3) is 2.61. The molecule has 0 aliphatic heterocycles. The van der Waals surface area contributed by atoms with Crippen LogP contribution in [0.3, 0.4) is 0 Å². The van der Waals surface area contributed by atoms with E-state index in [-0.39, 0.29) is 11.1 Å². The van der Waals surface area contributed by atoms with Crippen LogP contribution in [0.25, 0.3) is 5.65 Å². The van der Waals surface area contributed by atoms with Crippen LogP contribution in [0.15, 0.2) is 59.5 Å². The van der Waals surface area contributed by atoms with E-state index in [9.17, 15) is 9.59 Å². The lowest BCUT2D eigenvalue weighted by Crippen LogP contribution is -2.32. The fourth-order valence-electron chi connectivity index (χ4n) is 2.33. The highest BCUT2D eigenvalue weighted by Gasteiger charge is 2.16. The summed E-state index contributed by atoms with van der Waals surface area (Å²) in [5, 5.41) is 2.77. The van der Waals surface area contributed by atoms with Gasteiger partial charge in [-0.05, 0) is 24.6 Å². The molecule has 0 unspecified atom stereocenters. The van der Waals surface area contributed by atoms with Gasteiger partial charge in [0.05, 0.1) is 5.69 Å². The summed E-state index contributed by atoms with van der Waals surface area (Å²) in [4.78, 5) is 29.1. The molecule has 3 aromatic rings. The first-order valence-electron chi connectivity index (χ1n) is 6.97. The molecular weight excluding hydrogens is 278 g/mol. The third-order valence-electron chi connectivity index (χ3n) is 3.44. The van der Waals surface area contributed by atoms with Gasteiger partial charge >= 0.3 is 0 Å². The Kier molecular flexibility index (Phi) is 3.70. The highest BCUT2D eigenvalue weighted by atomic mass is 16.2. The van der Waals surface area contributed by atoms with Crippen molar-refractivity contribution in [1.82, 2.24) is 14.7 Å². The van der Waals surface area contributed by atoms with E-state index >= 15 is 0 Å². The van der Waals surface area contributed by atoms with E-state index in [1.54, 1.807) is 31.3 Å². The number of nitrogens with zero attached hydrogens (tertiary/aromatic N) is 2. The lowest BCUT2D eigenvalue weighted by atomic mass is 10.2. The summed E-state index contributed by atoms with van der Waals surface area (Å²) in [6.07, 6.45) is 1.61. The second-order valence-corrected chi connectivity index (χ2v) is 4.97. The number of fused-ring (bicyclic) bond motifs is 1. The number of amides is 1. The smallest absolute Gasteiger partial charge is 0.270 e. The Labute approximate surface area is 127 Å². The molecule has 5 nitrogen and oxygen atoms in total. The average molecular weight is 293 g/mol. The van der Waals surface area contributed by atoms with Gasteiger partial charge in [0.2, 0.25) is 0 Å². The van der Waals surface area contributed by atoms with Gasteiger partial charge in [0.25, 0.3) is 11.5 Å². The van der Waals surface area contributed by atoms with Crippen LogP contribution in [0.2, 0.25) is 0 Å². The van der Waals surface area contributed by atoms with Crippen molar-refractivity contribution < 1.29 is 4.79 Å². The molecule has 0 bridgehead atoms. The number of hydrogen-bond acceptors (Lipinski definition) is 3. The van der Waals surface area contributed by atoms with Crippen LogP contribution in [0, 0.1) is 6.92 Å². The predicted octanol–water partition coefficient (Wildman–Crippen LogP) is 1.93. The van der Waals surface area contributed by atoms with E-state index in [1.807, 2.05) is 30.3 Å². The van der Waals surface area contributed by atoms with Crippen molar-refractivity contribution in [2.45, 2.75) is 13.5 Å². The maximum Gasteiger partial charge on any atom is 0.270 e. The van der Waals surface area contributed by atoms with Crippen molar-refractivity contribution in [2.75, 3.05) is 0 Å². The maximum atomic E-state index is 12.5. The quantitative estimate of drug-likeness (QED) is 0.802. The Bertz CT molecular complexity index is 885. The van der Waals surface area contributed by atoms with Crippen molar-refractivity contribution in [3.8, 4) is 0 Å². The number of aromatic nitrogens is 2. The lowest BCUT2D eigenvalue weighted by molar-refractivity contribution is 0.0948. The largest absolute Gasteiger partial charge is 0.348 e. The molecule has 5 heteroatoms. The molecule has 0 spiro atoms. The molecule has 22 heavy (non-hydrogen) atoms. The Morgan fingerprint density at radius 1 is 1.14 bits per heavy atom. The van der Waals surface area contributed by atoms with E-state index in [4.69, 9.17) is 0 Å². The molecule has 2 heterocycles. The van der Waals surface area contributed by atoms with Crippen LogP contribution in [-0.2, 0) is 6.54 Å². The van der Waals surface area contributed by atoms with Crippen molar-refractivity contribution in [1.29, 1.82) is 0 Å². The molecule has 0 saturated heterocycles. The summed E-state index contributed by atoms with van der Waals surface area (Å²) in [5.74, 6) is -0.405. The lowest BCUT2D eigenvalue weighted by Gasteiger charge is -2.08. The predicted molar refractivity (Wildman–Crippen MR) is 83.8 cm³/mol. The Hall–Kier alpha value is -2.95. The second-order valence-electron chi connectivity index (χ2n) is 4.97. The van der Waals surface area contributed by atoms with E-state index in [0.29, 0.717) is 17.9 Å². The van der Waals surface area contributed by atoms with Gasteiger partial charge in [0.1, 0.15) is 11.2 Å². The van der Waals surface area contributed by atoms with Crippen LogP contribution >= 0.6 is 0 Å². The monoisotopic (exact) mass is 293 g/mol. The first-order chi connectivity index (χ1) is 10.7. The number of rotatable bonds is 3. The van der Waals surface area contributed by atoms with Gasteiger partial charge in [-0.2, -0.15) is 0 Å². The number of carbonyl (C=O) groups is 1. The van der Waals surface area contributed by atoms with Crippen LogP contribution in [0.1, 0.15) is 21.6 Å². The van der Waals surface area contributed by atoms with E-state index in [2.05, 4.69) is 10.3 Å². The van der Waals surface area contributed by atoms with Gasteiger partial charge < -0.3 is 5.32 Å². The van der Waals surface area contributed by atoms with Crippen LogP contribution < -0.4 is 10.9 Å². The van der Waals surface area contributed by atoms with E-state index in [0.717, 1.165) is 5.56 Å². The Morgan fingerprint density at radius 3 is 2.64 bits per heavy atom. The molecule has 2 aromatic heterocycles. The highest BCUT2D eigenvalue weighted by Crippen LogP contribution is 2.04. The zero-order valence-corrected chi connectivity index (χ0v) is 12.1. The maximum absolute atomic E-state index is 12.5. The van der Waals surface area contributed by atoms with Crippen molar-refractivity contribution >= 4 is 11.6 Å². The van der Waals surface area contributed by atoms with Crippen molar-refractivity contribution in [3.63, 3.8) is 0 Å². The Morgan fingerprint density at radius 2 is 1.86 bits per heavy atom. The molecule has 0 fully saturated rings. The summed E-state index contributed by atoms with van der Waals surface area (Å²) in [6.45, 7) is 2.04. The molecule has 0 radical (unpaired) electrons. The summed E-state index contributed by atoms with van der Waals surface area (Å²) >= 11 is 0. The van der Waals surface area contributed by atoms with Crippen molar-refractivity contribution in [3.05, 3.63) is 81.9 Å². The first kappa shape index (κ1) is 14.0.